The largest absolute Gasteiger partial charge is 0.495 e. The molecule has 1 amide bonds. The van der Waals surface area contributed by atoms with E-state index < -0.39 is 23.2 Å². The molecule has 7 heteroatoms. The van der Waals surface area contributed by atoms with Gasteiger partial charge in [-0.15, -0.1) is 0 Å². The number of para-hydroxylation sites is 1. The minimum absolute atomic E-state index is 0.204. The Morgan fingerprint density at radius 2 is 1.91 bits per heavy atom. The standard InChI is InChI=1S/C15H13ClF2N2O2/c1-22-13-6-5-9(16)7-12(13)19-8-14(21)20-15-10(17)3-2-4-11(15)18/h2-7,19H,8H2,1H3,(H,20,21). The maximum absolute atomic E-state index is 13.4. The predicted octanol–water partition coefficient (Wildman–Crippen LogP) is 3.68. The third-order valence-electron chi connectivity index (χ3n) is 2.83. The molecule has 0 radical (unpaired) electrons. The van der Waals surface area contributed by atoms with Crippen molar-refractivity contribution >= 4 is 28.9 Å². The molecule has 0 fully saturated rings. The van der Waals surface area contributed by atoms with Crippen molar-refractivity contribution < 1.29 is 18.3 Å². The van der Waals surface area contributed by atoms with Gasteiger partial charge in [-0.05, 0) is 30.3 Å². The number of methoxy groups -OCH3 is 1. The highest BCUT2D eigenvalue weighted by molar-refractivity contribution is 6.30. The van der Waals surface area contributed by atoms with Gasteiger partial charge in [0.15, 0.2) is 0 Å². The molecule has 2 aromatic rings. The van der Waals surface area contributed by atoms with Crippen molar-refractivity contribution in [1.29, 1.82) is 0 Å². The number of anilines is 2. The molecule has 0 saturated heterocycles. The first kappa shape index (κ1) is 16.0. The summed E-state index contributed by atoms with van der Waals surface area (Å²) in [6, 6.07) is 8.20. The van der Waals surface area contributed by atoms with Crippen LogP contribution in [0.1, 0.15) is 0 Å². The Bertz CT molecular complexity index is 675. The first-order valence-electron chi connectivity index (χ1n) is 6.32. The second-order valence-electron chi connectivity index (χ2n) is 4.34. The molecule has 22 heavy (non-hydrogen) atoms. The Hall–Kier alpha value is -2.34. The molecule has 2 aromatic carbocycles. The van der Waals surface area contributed by atoms with Gasteiger partial charge in [-0.1, -0.05) is 17.7 Å². The highest BCUT2D eigenvalue weighted by Crippen LogP contribution is 2.27. The number of halogens is 3. The van der Waals surface area contributed by atoms with E-state index in [1.807, 2.05) is 0 Å². The molecular weight excluding hydrogens is 314 g/mol. The molecule has 116 valence electrons. The molecule has 0 bridgehead atoms. The zero-order valence-corrected chi connectivity index (χ0v) is 12.4. The summed E-state index contributed by atoms with van der Waals surface area (Å²) in [6.07, 6.45) is 0. The van der Waals surface area contributed by atoms with Gasteiger partial charge in [0.25, 0.3) is 0 Å². The van der Waals surface area contributed by atoms with Crippen LogP contribution in [0.2, 0.25) is 5.02 Å². The molecule has 2 rings (SSSR count). The number of benzene rings is 2. The normalized spacial score (nSPS) is 10.2. The van der Waals surface area contributed by atoms with Gasteiger partial charge in [0.1, 0.15) is 23.1 Å². The lowest BCUT2D eigenvalue weighted by atomic mass is 10.2. The van der Waals surface area contributed by atoms with E-state index in [2.05, 4.69) is 10.6 Å². The summed E-state index contributed by atoms with van der Waals surface area (Å²) in [7, 11) is 1.48. The van der Waals surface area contributed by atoms with Crippen LogP contribution in [0.25, 0.3) is 0 Å². The van der Waals surface area contributed by atoms with Crippen LogP contribution in [0.4, 0.5) is 20.2 Å². The number of hydrogen-bond donors (Lipinski definition) is 2. The number of nitrogens with one attached hydrogen (secondary N) is 2. The molecule has 0 spiro atoms. The molecule has 0 unspecified atom stereocenters. The van der Waals surface area contributed by atoms with Crippen molar-refractivity contribution in [3.8, 4) is 5.75 Å². The topological polar surface area (TPSA) is 50.4 Å². The molecule has 0 saturated carbocycles. The van der Waals surface area contributed by atoms with Gasteiger partial charge >= 0.3 is 0 Å². The minimum Gasteiger partial charge on any atom is -0.495 e. The van der Waals surface area contributed by atoms with Crippen LogP contribution in [0.3, 0.4) is 0 Å². The molecule has 0 aliphatic heterocycles. The molecular formula is C15H13ClF2N2O2. The van der Waals surface area contributed by atoms with E-state index in [-0.39, 0.29) is 6.54 Å². The molecule has 0 atom stereocenters. The summed E-state index contributed by atoms with van der Waals surface area (Å²) >= 11 is 5.87. The van der Waals surface area contributed by atoms with E-state index in [0.717, 1.165) is 12.1 Å². The highest BCUT2D eigenvalue weighted by atomic mass is 35.5. The molecule has 4 nitrogen and oxygen atoms in total. The summed E-state index contributed by atoms with van der Waals surface area (Å²) in [5, 5.41) is 5.44. The maximum Gasteiger partial charge on any atom is 0.243 e. The van der Waals surface area contributed by atoms with Crippen LogP contribution in [-0.2, 0) is 4.79 Å². The summed E-state index contributed by atoms with van der Waals surface area (Å²) in [5.74, 6) is -1.79. The average Bonchev–Trinajstić information content (AvgIpc) is 2.49. The summed E-state index contributed by atoms with van der Waals surface area (Å²) in [4.78, 5) is 11.8. The van der Waals surface area contributed by atoms with Crippen molar-refractivity contribution in [2.75, 3.05) is 24.3 Å². The van der Waals surface area contributed by atoms with Crippen LogP contribution in [0, 0.1) is 11.6 Å². The van der Waals surface area contributed by atoms with Crippen LogP contribution in [-0.4, -0.2) is 19.6 Å². The highest BCUT2D eigenvalue weighted by Gasteiger charge is 2.12. The fourth-order valence-corrected chi connectivity index (χ4v) is 1.97. The van der Waals surface area contributed by atoms with E-state index in [4.69, 9.17) is 16.3 Å². The van der Waals surface area contributed by atoms with Crippen LogP contribution in [0.15, 0.2) is 36.4 Å². The number of amides is 1. The Kier molecular flexibility index (Phi) is 5.16. The third-order valence-corrected chi connectivity index (χ3v) is 3.06. The average molecular weight is 327 g/mol. The first-order chi connectivity index (χ1) is 10.5. The second-order valence-corrected chi connectivity index (χ2v) is 4.78. The van der Waals surface area contributed by atoms with Crippen LogP contribution in [0.5, 0.6) is 5.75 Å². The van der Waals surface area contributed by atoms with Gasteiger partial charge < -0.3 is 15.4 Å². The number of carbonyl (C=O) groups excluding carboxylic acids is 1. The molecule has 0 heterocycles. The van der Waals surface area contributed by atoms with E-state index >= 15 is 0 Å². The van der Waals surface area contributed by atoms with Crippen molar-refractivity contribution in [2.24, 2.45) is 0 Å². The number of carbonyl (C=O) groups is 1. The summed E-state index contributed by atoms with van der Waals surface area (Å²) < 4.78 is 32.0. The molecule has 0 aromatic heterocycles. The number of hydrogen-bond acceptors (Lipinski definition) is 3. The predicted molar refractivity (Wildman–Crippen MR) is 81.5 cm³/mol. The van der Waals surface area contributed by atoms with E-state index in [1.54, 1.807) is 18.2 Å². The fourth-order valence-electron chi connectivity index (χ4n) is 1.79. The Labute approximate surface area is 131 Å². The maximum atomic E-state index is 13.4. The smallest absolute Gasteiger partial charge is 0.243 e. The second kappa shape index (κ2) is 7.09. The lowest BCUT2D eigenvalue weighted by molar-refractivity contribution is -0.114. The van der Waals surface area contributed by atoms with Crippen molar-refractivity contribution in [1.82, 2.24) is 0 Å². The Balaban J connectivity index is 2.03. The molecule has 0 aliphatic rings. The third kappa shape index (κ3) is 3.85. The fraction of sp³-hybridized carbons (Fsp3) is 0.133. The van der Waals surface area contributed by atoms with Crippen molar-refractivity contribution in [2.45, 2.75) is 0 Å². The molecule has 0 aliphatic carbocycles. The summed E-state index contributed by atoms with van der Waals surface area (Å²) in [5.41, 5.74) is 0.0199. The minimum atomic E-state index is -0.839. The Morgan fingerprint density at radius 1 is 1.23 bits per heavy atom. The lowest BCUT2D eigenvalue weighted by Crippen LogP contribution is -2.23. The van der Waals surface area contributed by atoms with Gasteiger partial charge in [0.05, 0.1) is 19.3 Å². The molecule has 2 N–H and O–H groups in total. The van der Waals surface area contributed by atoms with Gasteiger partial charge in [-0.25, -0.2) is 8.78 Å². The van der Waals surface area contributed by atoms with Gasteiger partial charge in [-0.3, -0.25) is 4.79 Å². The van der Waals surface area contributed by atoms with E-state index in [9.17, 15) is 13.6 Å². The first-order valence-corrected chi connectivity index (χ1v) is 6.70. The van der Waals surface area contributed by atoms with Crippen molar-refractivity contribution in [3.63, 3.8) is 0 Å². The van der Waals surface area contributed by atoms with Crippen LogP contribution >= 0.6 is 11.6 Å². The summed E-state index contributed by atoms with van der Waals surface area (Å²) in [6.45, 7) is -0.204. The van der Waals surface area contributed by atoms with E-state index in [1.165, 1.54) is 13.2 Å². The number of rotatable bonds is 5. The van der Waals surface area contributed by atoms with Crippen LogP contribution < -0.4 is 15.4 Å². The SMILES string of the molecule is COc1ccc(Cl)cc1NCC(=O)Nc1c(F)cccc1F. The van der Waals surface area contributed by atoms with E-state index in [0.29, 0.717) is 16.5 Å². The van der Waals surface area contributed by atoms with Gasteiger partial charge in [0, 0.05) is 5.02 Å². The van der Waals surface area contributed by atoms with Crippen molar-refractivity contribution in [3.05, 3.63) is 53.1 Å². The number of ether oxygens (including phenoxy) is 1. The Morgan fingerprint density at radius 3 is 2.55 bits per heavy atom. The lowest BCUT2D eigenvalue weighted by Gasteiger charge is -2.12. The van der Waals surface area contributed by atoms with Gasteiger partial charge in [-0.2, -0.15) is 0 Å². The quantitative estimate of drug-likeness (QED) is 0.881. The monoisotopic (exact) mass is 326 g/mol. The zero-order chi connectivity index (χ0) is 16.1. The van der Waals surface area contributed by atoms with Gasteiger partial charge in [0.2, 0.25) is 5.91 Å². The zero-order valence-electron chi connectivity index (χ0n) is 11.6.